The number of hydrogen-bond donors (Lipinski definition) is 1. The number of benzene rings is 1. The van der Waals surface area contributed by atoms with E-state index in [2.05, 4.69) is 20.3 Å². The van der Waals surface area contributed by atoms with E-state index in [0.29, 0.717) is 5.17 Å². The maximum Gasteiger partial charge on any atom is 0.573 e. The van der Waals surface area contributed by atoms with Gasteiger partial charge in [-0.15, -0.1) is 18.3 Å². The molecule has 2 rings (SSSR count). The second-order valence-electron chi connectivity index (χ2n) is 3.57. The lowest BCUT2D eigenvalue weighted by Gasteiger charge is -2.10. The molecule has 1 heterocycles. The zero-order valence-electron chi connectivity index (χ0n) is 9.85. The van der Waals surface area contributed by atoms with Gasteiger partial charge in [0, 0.05) is 5.56 Å². The Balaban J connectivity index is 2.11. The largest absolute Gasteiger partial charge is 0.573 e. The lowest BCUT2D eigenvalue weighted by Crippen LogP contribution is -2.19. The van der Waals surface area contributed by atoms with Crippen LogP contribution in [0.25, 0.3) is 0 Å². The quantitative estimate of drug-likeness (QED) is 0.687. The average Bonchev–Trinajstić information content (AvgIpc) is 2.75. The van der Waals surface area contributed by atoms with Crippen LogP contribution in [-0.2, 0) is 4.79 Å². The SMILES string of the molecule is O=C1CSC(=NN=Cc2ccccc2OC(F)(F)F)N1. The number of alkyl halides is 3. The van der Waals surface area contributed by atoms with Gasteiger partial charge in [-0.1, -0.05) is 23.9 Å². The summed E-state index contributed by atoms with van der Waals surface area (Å²) < 4.78 is 40.4. The first-order valence-corrected chi connectivity index (χ1v) is 6.31. The maximum atomic E-state index is 12.2. The standard InChI is InChI=1S/C11H8F3N3O2S/c12-11(13,14)19-8-4-2-1-3-7(8)5-15-17-10-16-9(18)6-20-10/h1-5H,6H2,(H,16,17,18). The van der Waals surface area contributed by atoms with Crippen molar-refractivity contribution in [3.05, 3.63) is 29.8 Å². The van der Waals surface area contributed by atoms with Crippen molar-refractivity contribution in [3.63, 3.8) is 0 Å². The molecular formula is C11H8F3N3O2S. The molecule has 0 atom stereocenters. The van der Waals surface area contributed by atoms with E-state index in [1.54, 1.807) is 6.07 Å². The number of amides is 1. The molecule has 0 saturated carbocycles. The van der Waals surface area contributed by atoms with Crippen LogP contribution in [0.15, 0.2) is 34.5 Å². The molecule has 1 aliphatic rings. The Morgan fingerprint density at radius 3 is 2.75 bits per heavy atom. The Morgan fingerprint density at radius 1 is 1.35 bits per heavy atom. The van der Waals surface area contributed by atoms with Gasteiger partial charge in [0.05, 0.1) is 12.0 Å². The highest BCUT2D eigenvalue weighted by atomic mass is 32.2. The number of ether oxygens (including phenoxy) is 1. The van der Waals surface area contributed by atoms with Crippen molar-refractivity contribution in [2.75, 3.05) is 5.75 Å². The molecule has 0 aliphatic carbocycles. The van der Waals surface area contributed by atoms with Crippen molar-refractivity contribution >= 4 is 29.1 Å². The van der Waals surface area contributed by atoms with Crippen LogP contribution in [0.5, 0.6) is 5.75 Å². The maximum absolute atomic E-state index is 12.2. The molecule has 0 radical (unpaired) electrons. The minimum Gasteiger partial charge on any atom is -0.405 e. The van der Waals surface area contributed by atoms with Gasteiger partial charge in [-0.05, 0) is 12.1 Å². The third-order valence-electron chi connectivity index (χ3n) is 2.08. The lowest BCUT2D eigenvalue weighted by atomic mass is 10.2. The highest BCUT2D eigenvalue weighted by Crippen LogP contribution is 2.25. The van der Waals surface area contributed by atoms with Gasteiger partial charge in [-0.2, -0.15) is 5.10 Å². The van der Waals surface area contributed by atoms with Crippen LogP contribution in [-0.4, -0.2) is 29.4 Å². The number of amidine groups is 1. The highest BCUT2D eigenvalue weighted by molar-refractivity contribution is 8.15. The van der Waals surface area contributed by atoms with Gasteiger partial charge in [0.2, 0.25) is 5.91 Å². The number of halogens is 3. The van der Waals surface area contributed by atoms with E-state index in [9.17, 15) is 18.0 Å². The van der Waals surface area contributed by atoms with Gasteiger partial charge in [-0.3, -0.25) is 4.79 Å². The third kappa shape index (κ3) is 4.26. The Hall–Kier alpha value is -2.03. The number of carbonyl (C=O) groups excluding carboxylic acids is 1. The Kier molecular flexibility index (Phi) is 4.28. The van der Waals surface area contributed by atoms with E-state index in [4.69, 9.17) is 0 Å². The normalized spacial score (nSPS) is 17.8. The van der Waals surface area contributed by atoms with Crippen LogP contribution in [0.3, 0.4) is 0 Å². The van der Waals surface area contributed by atoms with E-state index in [1.165, 1.54) is 18.2 Å². The van der Waals surface area contributed by atoms with Gasteiger partial charge >= 0.3 is 6.36 Å². The summed E-state index contributed by atoms with van der Waals surface area (Å²) in [6, 6.07) is 5.54. The van der Waals surface area contributed by atoms with Gasteiger partial charge in [0.15, 0.2) is 5.17 Å². The molecule has 0 aromatic heterocycles. The van der Waals surface area contributed by atoms with E-state index in [1.807, 2.05) is 0 Å². The molecule has 1 amide bonds. The van der Waals surface area contributed by atoms with Gasteiger partial charge in [0.1, 0.15) is 5.75 Å². The summed E-state index contributed by atoms with van der Waals surface area (Å²) in [6.07, 6.45) is -3.65. The Morgan fingerprint density at radius 2 is 2.10 bits per heavy atom. The molecule has 1 N–H and O–H groups in total. The number of nitrogens with one attached hydrogen (secondary N) is 1. The Labute approximate surface area is 115 Å². The molecule has 1 fully saturated rings. The molecule has 1 aromatic rings. The molecule has 5 nitrogen and oxygen atoms in total. The Bertz CT molecular complexity index is 572. The second-order valence-corrected chi connectivity index (χ2v) is 4.54. The van der Waals surface area contributed by atoms with E-state index < -0.39 is 6.36 Å². The van der Waals surface area contributed by atoms with E-state index >= 15 is 0 Å². The minimum atomic E-state index is -4.77. The topological polar surface area (TPSA) is 63.0 Å². The molecule has 0 spiro atoms. The fourth-order valence-electron chi connectivity index (χ4n) is 1.33. The molecule has 9 heteroatoms. The van der Waals surface area contributed by atoms with Crippen molar-refractivity contribution in [3.8, 4) is 5.75 Å². The highest BCUT2D eigenvalue weighted by Gasteiger charge is 2.31. The van der Waals surface area contributed by atoms with E-state index in [0.717, 1.165) is 18.0 Å². The number of carbonyl (C=O) groups is 1. The molecule has 0 bridgehead atoms. The van der Waals surface area contributed by atoms with Crippen LogP contribution in [0, 0.1) is 0 Å². The zero-order valence-corrected chi connectivity index (χ0v) is 10.7. The van der Waals surface area contributed by atoms with Gasteiger partial charge in [-0.25, -0.2) is 0 Å². The predicted octanol–water partition coefficient (Wildman–Crippen LogP) is 2.14. The zero-order chi connectivity index (χ0) is 14.6. The van der Waals surface area contributed by atoms with Crippen molar-refractivity contribution < 1.29 is 22.7 Å². The third-order valence-corrected chi connectivity index (χ3v) is 2.94. The summed E-state index contributed by atoms with van der Waals surface area (Å²) in [6.45, 7) is 0. The van der Waals surface area contributed by atoms with Crippen LogP contribution >= 0.6 is 11.8 Å². The number of para-hydroxylation sites is 1. The number of nitrogens with zero attached hydrogens (tertiary/aromatic N) is 2. The molecule has 1 saturated heterocycles. The predicted molar refractivity (Wildman–Crippen MR) is 68.8 cm³/mol. The smallest absolute Gasteiger partial charge is 0.405 e. The first-order chi connectivity index (χ1) is 9.44. The first-order valence-electron chi connectivity index (χ1n) is 5.32. The second kappa shape index (κ2) is 5.95. The monoisotopic (exact) mass is 303 g/mol. The number of thioether (sulfide) groups is 1. The molecule has 20 heavy (non-hydrogen) atoms. The van der Waals surface area contributed by atoms with Crippen molar-refractivity contribution in [1.29, 1.82) is 0 Å². The molecule has 0 unspecified atom stereocenters. The fraction of sp³-hybridized carbons (Fsp3) is 0.182. The molecule has 1 aliphatic heterocycles. The van der Waals surface area contributed by atoms with Crippen LogP contribution < -0.4 is 10.1 Å². The van der Waals surface area contributed by atoms with Crippen LogP contribution in [0.2, 0.25) is 0 Å². The van der Waals surface area contributed by atoms with Crippen LogP contribution in [0.1, 0.15) is 5.56 Å². The summed E-state index contributed by atoms with van der Waals surface area (Å²) >= 11 is 1.16. The number of rotatable bonds is 3. The molecule has 1 aromatic carbocycles. The summed E-state index contributed by atoms with van der Waals surface area (Å²) in [5, 5.41) is 10.1. The summed E-state index contributed by atoms with van der Waals surface area (Å²) in [5.41, 5.74) is 0.128. The minimum absolute atomic E-state index is 0.128. The molecule has 106 valence electrons. The summed E-state index contributed by atoms with van der Waals surface area (Å²) in [5.74, 6) is -0.306. The molecular weight excluding hydrogens is 295 g/mol. The van der Waals surface area contributed by atoms with Gasteiger partial charge < -0.3 is 10.1 Å². The summed E-state index contributed by atoms with van der Waals surface area (Å²) in [7, 11) is 0. The fourth-order valence-corrected chi connectivity index (χ4v) is 1.96. The van der Waals surface area contributed by atoms with Crippen LogP contribution in [0.4, 0.5) is 13.2 Å². The summed E-state index contributed by atoms with van der Waals surface area (Å²) in [4.78, 5) is 10.9. The van der Waals surface area contributed by atoms with E-state index in [-0.39, 0.29) is 23.0 Å². The van der Waals surface area contributed by atoms with Gasteiger partial charge in [0.25, 0.3) is 0 Å². The number of hydrogen-bond acceptors (Lipinski definition) is 5. The van der Waals surface area contributed by atoms with Crippen molar-refractivity contribution in [2.45, 2.75) is 6.36 Å². The lowest BCUT2D eigenvalue weighted by molar-refractivity contribution is -0.274. The van der Waals surface area contributed by atoms with Crippen molar-refractivity contribution in [1.82, 2.24) is 5.32 Å². The van der Waals surface area contributed by atoms with Crippen molar-refractivity contribution in [2.24, 2.45) is 10.2 Å². The average molecular weight is 303 g/mol. The first kappa shape index (κ1) is 14.4.